The van der Waals surface area contributed by atoms with Crippen molar-refractivity contribution in [3.8, 4) is 11.5 Å². The molecule has 0 aliphatic rings. The van der Waals surface area contributed by atoms with Crippen molar-refractivity contribution in [2.24, 2.45) is 5.10 Å². The summed E-state index contributed by atoms with van der Waals surface area (Å²) in [7, 11) is 3.02. The first-order chi connectivity index (χ1) is 13.8. The third kappa shape index (κ3) is 6.50. The molecule has 2 rings (SSSR count). The van der Waals surface area contributed by atoms with Gasteiger partial charge in [0, 0.05) is 30.2 Å². The lowest BCUT2D eigenvalue weighted by Crippen LogP contribution is -2.21. The smallest absolute Gasteiger partial charge is 0.240 e. The zero-order chi connectivity index (χ0) is 21.4. The van der Waals surface area contributed by atoms with Gasteiger partial charge in [-0.1, -0.05) is 23.7 Å². The van der Waals surface area contributed by atoms with Gasteiger partial charge in [-0.05, 0) is 37.1 Å². The largest absolute Gasteiger partial charge is 0.493 e. The van der Waals surface area contributed by atoms with E-state index in [-0.39, 0.29) is 24.7 Å². The molecular weight excluding hydrogens is 394 g/mol. The van der Waals surface area contributed by atoms with Crippen LogP contribution in [0.3, 0.4) is 0 Å². The van der Waals surface area contributed by atoms with Crippen LogP contribution in [0.15, 0.2) is 35.4 Å². The number of methoxy groups -OCH3 is 2. The van der Waals surface area contributed by atoms with Gasteiger partial charge in [0.05, 0.1) is 25.5 Å². The second kappa shape index (κ2) is 10.5. The highest BCUT2D eigenvalue weighted by Gasteiger charge is 2.10. The Morgan fingerprint density at radius 2 is 1.69 bits per heavy atom. The zero-order valence-electron chi connectivity index (χ0n) is 16.8. The van der Waals surface area contributed by atoms with Gasteiger partial charge in [0.15, 0.2) is 11.5 Å². The fraction of sp³-hybridized carbons (Fsp3) is 0.286. The summed E-state index contributed by atoms with van der Waals surface area (Å²) in [5, 5.41) is 7.10. The van der Waals surface area contributed by atoms with Crippen LogP contribution in [0.25, 0.3) is 0 Å². The quantitative estimate of drug-likeness (QED) is 0.504. The van der Waals surface area contributed by atoms with Gasteiger partial charge in [-0.15, -0.1) is 0 Å². The second-order valence-corrected chi connectivity index (χ2v) is 6.80. The molecule has 0 bridgehead atoms. The molecule has 0 radical (unpaired) electrons. The Hall–Kier alpha value is -3.06. The normalized spacial score (nSPS) is 10.7. The minimum absolute atomic E-state index is 0.00764. The van der Waals surface area contributed by atoms with Crippen molar-refractivity contribution in [1.82, 2.24) is 5.43 Å². The van der Waals surface area contributed by atoms with Gasteiger partial charge < -0.3 is 14.8 Å². The Morgan fingerprint density at radius 1 is 1.03 bits per heavy atom. The number of ether oxygens (including phenoxy) is 2. The molecule has 154 valence electrons. The van der Waals surface area contributed by atoms with Gasteiger partial charge >= 0.3 is 0 Å². The molecule has 0 atom stereocenters. The molecule has 29 heavy (non-hydrogen) atoms. The van der Waals surface area contributed by atoms with Crippen LogP contribution in [0.2, 0.25) is 5.02 Å². The van der Waals surface area contributed by atoms with Crippen LogP contribution < -0.4 is 20.2 Å². The van der Waals surface area contributed by atoms with Crippen molar-refractivity contribution in [2.75, 3.05) is 19.5 Å². The van der Waals surface area contributed by atoms with Crippen molar-refractivity contribution < 1.29 is 19.1 Å². The Morgan fingerprint density at radius 3 is 2.38 bits per heavy atom. The minimum atomic E-state index is -0.381. The summed E-state index contributed by atoms with van der Waals surface area (Å²) in [6, 6.07) is 9.05. The highest BCUT2D eigenvalue weighted by Crippen LogP contribution is 2.32. The monoisotopic (exact) mass is 417 g/mol. The molecule has 2 aromatic rings. The number of halogens is 1. The number of carbonyl (C=O) groups excluding carboxylic acids is 2. The van der Waals surface area contributed by atoms with Crippen LogP contribution in [0.5, 0.6) is 11.5 Å². The first-order valence-electron chi connectivity index (χ1n) is 8.94. The van der Waals surface area contributed by atoms with Gasteiger partial charge in [-0.2, -0.15) is 5.10 Å². The summed E-state index contributed by atoms with van der Waals surface area (Å²) >= 11 is 6.16. The summed E-state index contributed by atoms with van der Waals surface area (Å²) in [6.45, 7) is 3.86. The lowest BCUT2D eigenvalue weighted by Gasteiger charge is -2.09. The number of carbonyl (C=O) groups is 2. The maximum atomic E-state index is 12.1. The summed E-state index contributed by atoms with van der Waals surface area (Å²) in [4.78, 5) is 24.0. The van der Waals surface area contributed by atoms with E-state index < -0.39 is 0 Å². The lowest BCUT2D eigenvalue weighted by atomic mass is 10.1. The Bertz CT molecular complexity index is 928. The molecule has 2 aromatic carbocycles. The lowest BCUT2D eigenvalue weighted by molar-refractivity contribution is -0.124. The van der Waals surface area contributed by atoms with Crippen LogP contribution in [-0.2, 0) is 9.59 Å². The number of hydrazone groups is 1. The number of hydrogen-bond acceptors (Lipinski definition) is 5. The van der Waals surface area contributed by atoms with Crippen LogP contribution in [0.4, 0.5) is 5.69 Å². The van der Waals surface area contributed by atoms with E-state index in [9.17, 15) is 9.59 Å². The molecule has 8 heteroatoms. The summed E-state index contributed by atoms with van der Waals surface area (Å²) in [5.41, 5.74) is 5.69. The van der Waals surface area contributed by atoms with Crippen molar-refractivity contribution >= 4 is 35.3 Å². The van der Waals surface area contributed by atoms with Crippen molar-refractivity contribution in [1.29, 1.82) is 0 Å². The molecule has 0 aliphatic heterocycles. The molecule has 0 spiro atoms. The molecule has 0 aromatic heterocycles. The number of anilines is 1. The predicted octanol–water partition coefficient (Wildman–Crippen LogP) is 3.84. The van der Waals surface area contributed by atoms with Crippen molar-refractivity contribution in [3.63, 3.8) is 0 Å². The Kier molecular flexibility index (Phi) is 8.03. The van der Waals surface area contributed by atoms with Gasteiger partial charge in [0.1, 0.15) is 0 Å². The first-order valence-corrected chi connectivity index (χ1v) is 9.32. The number of aryl methyl sites for hydroxylation is 2. The van der Waals surface area contributed by atoms with Crippen LogP contribution in [0.1, 0.15) is 29.5 Å². The van der Waals surface area contributed by atoms with E-state index in [4.69, 9.17) is 21.1 Å². The van der Waals surface area contributed by atoms with Crippen LogP contribution in [0, 0.1) is 13.8 Å². The maximum Gasteiger partial charge on any atom is 0.240 e. The second-order valence-electron chi connectivity index (χ2n) is 6.39. The van der Waals surface area contributed by atoms with E-state index in [1.165, 1.54) is 20.4 Å². The summed E-state index contributed by atoms with van der Waals surface area (Å²) in [5.74, 6) is 0.371. The van der Waals surface area contributed by atoms with E-state index in [2.05, 4.69) is 15.8 Å². The maximum absolute atomic E-state index is 12.1. The number of nitrogens with one attached hydrogen (secondary N) is 2. The van der Waals surface area contributed by atoms with E-state index in [1.54, 1.807) is 12.1 Å². The van der Waals surface area contributed by atoms with Gasteiger partial charge in [0.25, 0.3) is 0 Å². The number of hydrogen-bond donors (Lipinski definition) is 2. The Labute approximate surface area is 175 Å². The SMILES string of the molecule is COc1cc(Cl)c(/C=N/NC(=O)CCC(=O)Nc2cc(C)ccc2C)cc1OC. The highest BCUT2D eigenvalue weighted by molar-refractivity contribution is 6.33. The Balaban J connectivity index is 1.87. The molecule has 7 nitrogen and oxygen atoms in total. The molecule has 0 heterocycles. The molecule has 0 aliphatic carbocycles. The van der Waals surface area contributed by atoms with Gasteiger partial charge in [-0.25, -0.2) is 5.43 Å². The minimum Gasteiger partial charge on any atom is -0.493 e. The topological polar surface area (TPSA) is 89.0 Å². The molecule has 0 unspecified atom stereocenters. The predicted molar refractivity (Wildman–Crippen MR) is 114 cm³/mol. The number of amides is 2. The molecule has 0 saturated heterocycles. The van der Waals surface area contributed by atoms with Crippen molar-refractivity contribution in [2.45, 2.75) is 26.7 Å². The highest BCUT2D eigenvalue weighted by atomic mass is 35.5. The molecule has 0 saturated carbocycles. The first kappa shape index (κ1) is 22.2. The third-order valence-electron chi connectivity index (χ3n) is 4.14. The van der Waals surface area contributed by atoms with E-state index >= 15 is 0 Å². The molecule has 0 fully saturated rings. The average molecular weight is 418 g/mol. The van der Waals surface area contributed by atoms with Crippen LogP contribution >= 0.6 is 11.6 Å². The molecular formula is C21H24ClN3O4. The van der Waals surface area contributed by atoms with E-state index in [0.717, 1.165) is 16.8 Å². The standard InChI is InChI=1S/C21H24ClN3O4/c1-13-5-6-14(2)17(9-13)24-20(26)7-8-21(27)25-23-12-15-10-18(28-3)19(29-4)11-16(15)22/h5-6,9-12H,7-8H2,1-4H3,(H,24,26)(H,25,27)/b23-12+. The average Bonchev–Trinajstić information content (AvgIpc) is 2.70. The number of benzene rings is 2. The van der Waals surface area contributed by atoms with Gasteiger partial charge in [-0.3, -0.25) is 9.59 Å². The fourth-order valence-corrected chi connectivity index (χ4v) is 2.71. The number of rotatable bonds is 8. The number of nitrogens with zero attached hydrogens (tertiary/aromatic N) is 1. The summed E-state index contributed by atoms with van der Waals surface area (Å²) < 4.78 is 10.4. The van der Waals surface area contributed by atoms with E-state index in [0.29, 0.717) is 22.1 Å². The fourth-order valence-electron chi connectivity index (χ4n) is 2.51. The molecule has 2 amide bonds. The van der Waals surface area contributed by atoms with Crippen molar-refractivity contribution in [3.05, 3.63) is 52.0 Å². The van der Waals surface area contributed by atoms with Gasteiger partial charge in [0.2, 0.25) is 11.8 Å². The molecule has 2 N–H and O–H groups in total. The van der Waals surface area contributed by atoms with Crippen LogP contribution in [-0.4, -0.2) is 32.2 Å². The third-order valence-corrected chi connectivity index (χ3v) is 4.47. The van der Waals surface area contributed by atoms with E-state index in [1.807, 2.05) is 32.0 Å². The zero-order valence-corrected chi connectivity index (χ0v) is 17.6. The summed E-state index contributed by atoms with van der Waals surface area (Å²) in [6.07, 6.45) is 1.46.